The van der Waals surface area contributed by atoms with Crippen molar-refractivity contribution in [2.24, 2.45) is 0 Å². The Kier molecular flexibility index (Phi) is 5.03. The number of halogens is 2. The van der Waals surface area contributed by atoms with Gasteiger partial charge in [0.2, 0.25) is 0 Å². The van der Waals surface area contributed by atoms with Crippen LogP contribution in [0.25, 0.3) is 0 Å². The molecule has 58 valence electrons. The van der Waals surface area contributed by atoms with Crippen LogP contribution in [0.15, 0.2) is 16.2 Å². The molecule has 0 atom stereocenters. The number of aryl methyl sites for hydroxylation is 1. The van der Waals surface area contributed by atoms with Gasteiger partial charge in [0, 0.05) is 23.3 Å². The molecule has 5 heteroatoms. The Balaban J connectivity index is 0.000000810. The van der Waals surface area contributed by atoms with Gasteiger partial charge < -0.3 is 0 Å². The first kappa shape index (κ1) is 10.2. The minimum absolute atomic E-state index is 0. The lowest BCUT2D eigenvalue weighted by Gasteiger charge is -1.91. The third-order valence-corrected chi connectivity index (χ3v) is 2.16. The Hall–Kier alpha value is 0.200. The summed E-state index contributed by atoms with van der Waals surface area (Å²) < 4.78 is 1.70. The molecule has 1 heterocycles. The Labute approximate surface area is 77.6 Å². The summed E-state index contributed by atoms with van der Waals surface area (Å²) in [5, 5.41) is 2.64. The van der Waals surface area contributed by atoms with Gasteiger partial charge in [-0.15, -0.1) is 12.4 Å². The van der Waals surface area contributed by atoms with Gasteiger partial charge in [-0.25, -0.2) is 0 Å². The summed E-state index contributed by atoms with van der Waals surface area (Å²) in [6, 6.07) is 1.58. The molecule has 1 aromatic heterocycles. The standard InChI is InChI=1S/C5H6BrNOS.ClH/c6-2-3-7-5(8)1-4-9-7;/h1,4H,2-3H2;1H. The zero-order chi connectivity index (χ0) is 6.69. The van der Waals surface area contributed by atoms with Crippen LogP contribution in [0, 0.1) is 0 Å². The van der Waals surface area contributed by atoms with Crippen molar-refractivity contribution in [3.63, 3.8) is 0 Å². The molecule has 0 aliphatic heterocycles. The second-order valence-corrected chi connectivity index (χ2v) is 3.25. The summed E-state index contributed by atoms with van der Waals surface area (Å²) in [7, 11) is 0. The molecule has 0 spiro atoms. The molecule has 0 N–H and O–H groups in total. The fourth-order valence-electron chi connectivity index (χ4n) is 0.537. The summed E-state index contributed by atoms with van der Waals surface area (Å²) in [4.78, 5) is 10.8. The van der Waals surface area contributed by atoms with E-state index in [4.69, 9.17) is 0 Å². The first-order valence-electron chi connectivity index (χ1n) is 2.55. The topological polar surface area (TPSA) is 22.0 Å². The monoisotopic (exact) mass is 243 g/mol. The highest BCUT2D eigenvalue weighted by Crippen LogP contribution is 1.93. The van der Waals surface area contributed by atoms with Crippen LogP contribution in [0.3, 0.4) is 0 Å². The maximum atomic E-state index is 10.8. The summed E-state index contributed by atoms with van der Waals surface area (Å²) in [5.41, 5.74) is 0.0967. The normalized spacial score (nSPS) is 8.90. The molecular weight excluding hydrogens is 237 g/mol. The molecule has 1 rings (SSSR count). The third kappa shape index (κ3) is 2.44. The molecule has 0 aliphatic carbocycles. The zero-order valence-electron chi connectivity index (χ0n) is 5.12. The van der Waals surface area contributed by atoms with Gasteiger partial charge in [0.25, 0.3) is 5.56 Å². The minimum Gasteiger partial charge on any atom is -0.268 e. The molecular formula is C5H7BrClNOS. The average Bonchev–Trinajstić information content (AvgIpc) is 2.18. The Bertz CT molecular complexity index is 234. The fourth-order valence-corrected chi connectivity index (χ4v) is 1.81. The average molecular weight is 245 g/mol. The van der Waals surface area contributed by atoms with Gasteiger partial charge in [0.05, 0.1) is 0 Å². The van der Waals surface area contributed by atoms with Crippen LogP contribution in [-0.2, 0) is 6.54 Å². The van der Waals surface area contributed by atoms with Gasteiger partial charge in [0.15, 0.2) is 0 Å². The Morgan fingerprint density at radius 1 is 1.70 bits per heavy atom. The molecule has 0 fully saturated rings. The molecule has 0 bridgehead atoms. The molecule has 2 nitrogen and oxygen atoms in total. The van der Waals surface area contributed by atoms with Gasteiger partial charge in [-0.1, -0.05) is 27.5 Å². The van der Waals surface area contributed by atoms with E-state index in [1.54, 1.807) is 15.4 Å². The SMILES string of the molecule is Cl.O=c1ccsn1CCBr. The highest BCUT2D eigenvalue weighted by Gasteiger charge is 1.91. The largest absolute Gasteiger partial charge is 0.268 e. The van der Waals surface area contributed by atoms with E-state index in [1.807, 2.05) is 0 Å². The van der Waals surface area contributed by atoms with Crippen molar-refractivity contribution in [3.05, 3.63) is 21.8 Å². The Morgan fingerprint density at radius 2 is 2.40 bits per heavy atom. The lowest BCUT2D eigenvalue weighted by atomic mass is 10.7. The second-order valence-electron chi connectivity index (χ2n) is 1.54. The van der Waals surface area contributed by atoms with E-state index in [0.29, 0.717) is 0 Å². The molecule has 0 saturated carbocycles. The van der Waals surface area contributed by atoms with Crippen molar-refractivity contribution in [1.82, 2.24) is 3.96 Å². The van der Waals surface area contributed by atoms with Crippen molar-refractivity contribution in [1.29, 1.82) is 0 Å². The van der Waals surface area contributed by atoms with Gasteiger partial charge in [0.1, 0.15) is 0 Å². The first-order chi connectivity index (χ1) is 4.34. The van der Waals surface area contributed by atoms with Crippen LogP contribution in [0.1, 0.15) is 0 Å². The predicted molar refractivity (Wildman–Crippen MR) is 49.6 cm³/mol. The molecule has 0 saturated heterocycles. The van der Waals surface area contributed by atoms with E-state index in [9.17, 15) is 4.79 Å². The maximum absolute atomic E-state index is 10.8. The van der Waals surface area contributed by atoms with E-state index in [1.165, 1.54) is 11.5 Å². The van der Waals surface area contributed by atoms with E-state index in [2.05, 4.69) is 15.9 Å². The van der Waals surface area contributed by atoms with E-state index < -0.39 is 0 Å². The Morgan fingerprint density at radius 3 is 2.80 bits per heavy atom. The van der Waals surface area contributed by atoms with Crippen LogP contribution >= 0.6 is 39.9 Å². The number of hydrogen-bond donors (Lipinski definition) is 0. The minimum atomic E-state index is 0. The van der Waals surface area contributed by atoms with Crippen molar-refractivity contribution >= 4 is 39.9 Å². The highest BCUT2D eigenvalue weighted by atomic mass is 79.9. The van der Waals surface area contributed by atoms with E-state index in [-0.39, 0.29) is 18.0 Å². The number of hydrogen-bond acceptors (Lipinski definition) is 2. The first-order valence-corrected chi connectivity index (χ1v) is 4.51. The smallest absolute Gasteiger partial charge is 0.260 e. The molecule has 0 radical (unpaired) electrons. The summed E-state index contributed by atoms with van der Waals surface area (Å²) >= 11 is 4.70. The maximum Gasteiger partial charge on any atom is 0.260 e. The summed E-state index contributed by atoms with van der Waals surface area (Å²) in [6.45, 7) is 0.774. The van der Waals surface area contributed by atoms with Gasteiger partial charge in [-0.05, 0) is 0 Å². The van der Waals surface area contributed by atoms with Crippen molar-refractivity contribution in [2.45, 2.75) is 6.54 Å². The van der Waals surface area contributed by atoms with Crippen LogP contribution < -0.4 is 5.56 Å². The van der Waals surface area contributed by atoms with Crippen molar-refractivity contribution < 1.29 is 0 Å². The van der Waals surface area contributed by atoms with E-state index >= 15 is 0 Å². The lowest BCUT2D eigenvalue weighted by Crippen LogP contribution is -2.12. The predicted octanol–water partition coefficient (Wildman–Crippen LogP) is 1.73. The molecule has 0 unspecified atom stereocenters. The third-order valence-electron chi connectivity index (χ3n) is 0.932. The molecule has 10 heavy (non-hydrogen) atoms. The summed E-state index contributed by atoms with van der Waals surface area (Å²) in [5.74, 6) is 0. The fraction of sp³-hybridized carbons (Fsp3) is 0.400. The van der Waals surface area contributed by atoms with Gasteiger partial charge in [-0.3, -0.25) is 8.75 Å². The van der Waals surface area contributed by atoms with Crippen LogP contribution in [0.2, 0.25) is 0 Å². The van der Waals surface area contributed by atoms with Gasteiger partial charge in [-0.2, -0.15) is 0 Å². The quantitative estimate of drug-likeness (QED) is 0.726. The molecule has 0 aromatic carbocycles. The number of alkyl halides is 1. The zero-order valence-corrected chi connectivity index (χ0v) is 8.34. The molecule has 0 amide bonds. The summed E-state index contributed by atoms with van der Waals surface area (Å²) in [6.07, 6.45) is 0. The van der Waals surface area contributed by atoms with E-state index in [0.717, 1.165) is 11.9 Å². The number of rotatable bonds is 2. The second kappa shape index (κ2) is 4.93. The lowest BCUT2D eigenvalue weighted by molar-refractivity contribution is 0.825. The molecule has 1 aromatic rings. The highest BCUT2D eigenvalue weighted by molar-refractivity contribution is 9.09. The van der Waals surface area contributed by atoms with Gasteiger partial charge >= 0.3 is 0 Å². The van der Waals surface area contributed by atoms with Crippen LogP contribution in [0.5, 0.6) is 0 Å². The van der Waals surface area contributed by atoms with Crippen LogP contribution in [-0.4, -0.2) is 9.29 Å². The number of nitrogens with zero attached hydrogens (tertiary/aromatic N) is 1. The van der Waals surface area contributed by atoms with Crippen LogP contribution in [0.4, 0.5) is 0 Å². The van der Waals surface area contributed by atoms with Crippen molar-refractivity contribution in [3.8, 4) is 0 Å². The van der Waals surface area contributed by atoms with Crippen molar-refractivity contribution in [2.75, 3.05) is 5.33 Å². The number of aromatic nitrogens is 1. The molecule has 0 aliphatic rings.